The zero-order chi connectivity index (χ0) is 11.4. The van der Waals surface area contributed by atoms with Gasteiger partial charge in [0.2, 0.25) is 0 Å². The lowest BCUT2D eigenvalue weighted by Gasteiger charge is -2.20. The average molecular weight is 219 g/mol. The molecule has 0 bridgehead atoms. The van der Waals surface area contributed by atoms with E-state index in [1.54, 1.807) is 0 Å². The first kappa shape index (κ1) is 11.1. The van der Waals surface area contributed by atoms with E-state index in [0.29, 0.717) is 5.75 Å². The molecule has 3 nitrogen and oxygen atoms in total. The zero-order valence-electron chi connectivity index (χ0n) is 9.53. The molecular formula is C13H17NO2. The second-order valence-electron chi connectivity index (χ2n) is 4.28. The first-order chi connectivity index (χ1) is 7.75. The molecule has 1 N–H and O–H groups in total. The van der Waals surface area contributed by atoms with Gasteiger partial charge >= 0.3 is 5.97 Å². The van der Waals surface area contributed by atoms with Crippen LogP contribution < -0.4 is 10.1 Å². The number of nitrogens with one attached hydrogen (secondary N) is 1. The number of piperidine rings is 1. The Bertz CT molecular complexity index is 370. The second kappa shape index (κ2) is 5.12. The van der Waals surface area contributed by atoms with Crippen molar-refractivity contribution in [1.29, 1.82) is 0 Å². The lowest BCUT2D eigenvalue weighted by Crippen LogP contribution is -2.36. The van der Waals surface area contributed by atoms with Crippen molar-refractivity contribution in [2.75, 3.05) is 13.1 Å². The van der Waals surface area contributed by atoms with Gasteiger partial charge in [0.25, 0.3) is 0 Å². The predicted molar refractivity (Wildman–Crippen MR) is 62.4 cm³/mol. The minimum Gasteiger partial charge on any atom is -0.426 e. The molecule has 0 amide bonds. The fourth-order valence-electron chi connectivity index (χ4n) is 1.93. The minimum absolute atomic E-state index is 0.00858. The van der Waals surface area contributed by atoms with Crippen molar-refractivity contribution < 1.29 is 9.53 Å². The SMILES string of the molecule is Cc1cccc(OC(=O)C2CCCNC2)c1. The number of rotatable bonds is 2. The summed E-state index contributed by atoms with van der Waals surface area (Å²) in [6, 6.07) is 7.59. The smallest absolute Gasteiger partial charge is 0.315 e. The van der Waals surface area contributed by atoms with Gasteiger partial charge in [-0.15, -0.1) is 0 Å². The number of esters is 1. The van der Waals surface area contributed by atoms with Crippen molar-refractivity contribution in [3.63, 3.8) is 0 Å². The van der Waals surface area contributed by atoms with Crippen molar-refractivity contribution in [3.8, 4) is 5.75 Å². The molecule has 3 heteroatoms. The van der Waals surface area contributed by atoms with Gasteiger partial charge in [0, 0.05) is 6.54 Å². The third kappa shape index (κ3) is 2.83. The van der Waals surface area contributed by atoms with Crippen LogP contribution in [-0.2, 0) is 4.79 Å². The molecule has 1 atom stereocenters. The molecule has 0 saturated carbocycles. The summed E-state index contributed by atoms with van der Waals surface area (Å²) in [6.45, 7) is 3.73. The van der Waals surface area contributed by atoms with Gasteiger partial charge in [-0.05, 0) is 44.0 Å². The topological polar surface area (TPSA) is 38.3 Å². The fraction of sp³-hybridized carbons (Fsp3) is 0.462. The Morgan fingerprint density at radius 1 is 1.50 bits per heavy atom. The van der Waals surface area contributed by atoms with Gasteiger partial charge in [-0.2, -0.15) is 0 Å². The van der Waals surface area contributed by atoms with E-state index in [1.165, 1.54) is 0 Å². The van der Waals surface area contributed by atoms with E-state index in [9.17, 15) is 4.79 Å². The molecule has 86 valence electrons. The van der Waals surface area contributed by atoms with Gasteiger partial charge < -0.3 is 10.1 Å². The summed E-state index contributed by atoms with van der Waals surface area (Å²) in [5, 5.41) is 3.21. The molecule has 1 fully saturated rings. The first-order valence-corrected chi connectivity index (χ1v) is 5.75. The molecule has 0 radical (unpaired) electrons. The highest BCUT2D eigenvalue weighted by Gasteiger charge is 2.22. The van der Waals surface area contributed by atoms with Crippen LogP contribution in [0.4, 0.5) is 0 Å². The third-order valence-corrected chi connectivity index (χ3v) is 2.84. The van der Waals surface area contributed by atoms with Crippen LogP contribution in [0.1, 0.15) is 18.4 Å². The van der Waals surface area contributed by atoms with E-state index in [1.807, 2.05) is 31.2 Å². The van der Waals surface area contributed by atoms with E-state index in [2.05, 4.69) is 5.32 Å². The minimum atomic E-state index is -0.113. The van der Waals surface area contributed by atoms with Crippen molar-refractivity contribution in [2.45, 2.75) is 19.8 Å². The summed E-state index contributed by atoms with van der Waals surface area (Å²) in [7, 11) is 0. The number of hydrogen-bond donors (Lipinski definition) is 1. The van der Waals surface area contributed by atoms with E-state index in [0.717, 1.165) is 31.5 Å². The molecule has 1 aromatic rings. The number of aryl methyl sites for hydroxylation is 1. The van der Waals surface area contributed by atoms with Crippen LogP contribution in [-0.4, -0.2) is 19.1 Å². The first-order valence-electron chi connectivity index (χ1n) is 5.75. The molecule has 1 aromatic carbocycles. The average Bonchev–Trinajstić information content (AvgIpc) is 2.30. The number of hydrogen-bond acceptors (Lipinski definition) is 3. The van der Waals surface area contributed by atoms with E-state index < -0.39 is 0 Å². The largest absolute Gasteiger partial charge is 0.426 e. The molecule has 1 unspecified atom stereocenters. The van der Waals surface area contributed by atoms with Crippen LogP contribution in [0, 0.1) is 12.8 Å². The Labute approximate surface area is 95.8 Å². The van der Waals surface area contributed by atoms with Crippen LogP contribution in [0.15, 0.2) is 24.3 Å². The van der Waals surface area contributed by atoms with Crippen molar-refractivity contribution in [3.05, 3.63) is 29.8 Å². The molecule has 0 spiro atoms. The maximum absolute atomic E-state index is 11.8. The van der Waals surface area contributed by atoms with Crippen molar-refractivity contribution in [1.82, 2.24) is 5.32 Å². The van der Waals surface area contributed by atoms with Crippen molar-refractivity contribution >= 4 is 5.97 Å². The van der Waals surface area contributed by atoms with Gasteiger partial charge in [-0.1, -0.05) is 12.1 Å². The molecule has 1 aliphatic rings. The summed E-state index contributed by atoms with van der Waals surface area (Å²) < 4.78 is 5.36. The number of benzene rings is 1. The molecular weight excluding hydrogens is 202 g/mol. The van der Waals surface area contributed by atoms with Crippen LogP contribution >= 0.6 is 0 Å². The van der Waals surface area contributed by atoms with E-state index in [4.69, 9.17) is 4.74 Å². The lowest BCUT2D eigenvalue weighted by atomic mass is 10.0. The summed E-state index contributed by atoms with van der Waals surface area (Å²) in [5.74, 6) is 0.544. The van der Waals surface area contributed by atoms with Gasteiger partial charge in [0.05, 0.1) is 5.92 Å². The highest BCUT2D eigenvalue weighted by atomic mass is 16.5. The summed E-state index contributed by atoms with van der Waals surface area (Å²) in [4.78, 5) is 11.8. The van der Waals surface area contributed by atoms with Gasteiger partial charge in [-0.3, -0.25) is 4.79 Å². The molecule has 0 aromatic heterocycles. The highest BCUT2D eigenvalue weighted by molar-refractivity contribution is 5.75. The van der Waals surface area contributed by atoms with E-state index in [-0.39, 0.29) is 11.9 Å². The number of ether oxygens (including phenoxy) is 1. The Morgan fingerprint density at radius 3 is 3.06 bits per heavy atom. The Morgan fingerprint density at radius 2 is 2.38 bits per heavy atom. The second-order valence-corrected chi connectivity index (χ2v) is 4.28. The molecule has 1 saturated heterocycles. The van der Waals surface area contributed by atoms with Gasteiger partial charge in [0.1, 0.15) is 5.75 Å². The van der Waals surface area contributed by atoms with E-state index >= 15 is 0 Å². The third-order valence-electron chi connectivity index (χ3n) is 2.84. The quantitative estimate of drug-likeness (QED) is 0.610. The zero-order valence-corrected chi connectivity index (χ0v) is 9.53. The number of carbonyl (C=O) groups is 1. The maximum Gasteiger partial charge on any atom is 0.315 e. The van der Waals surface area contributed by atoms with Gasteiger partial charge in [0.15, 0.2) is 0 Å². The Balaban J connectivity index is 1.96. The van der Waals surface area contributed by atoms with Crippen LogP contribution in [0.3, 0.4) is 0 Å². The van der Waals surface area contributed by atoms with Crippen molar-refractivity contribution in [2.24, 2.45) is 5.92 Å². The number of carbonyl (C=O) groups excluding carboxylic acids is 1. The van der Waals surface area contributed by atoms with Crippen LogP contribution in [0.5, 0.6) is 5.75 Å². The molecule has 2 rings (SSSR count). The Kier molecular flexibility index (Phi) is 3.57. The summed E-state index contributed by atoms with van der Waals surface area (Å²) in [6.07, 6.45) is 1.98. The standard InChI is InChI=1S/C13H17NO2/c1-10-4-2-6-12(8-10)16-13(15)11-5-3-7-14-9-11/h2,4,6,8,11,14H,3,5,7,9H2,1H3. The monoisotopic (exact) mass is 219 g/mol. The molecule has 1 aliphatic heterocycles. The predicted octanol–water partition coefficient (Wildman–Crippen LogP) is 1.90. The molecule has 1 heterocycles. The maximum atomic E-state index is 11.8. The van der Waals surface area contributed by atoms with Gasteiger partial charge in [-0.25, -0.2) is 0 Å². The fourth-order valence-corrected chi connectivity index (χ4v) is 1.93. The van der Waals surface area contributed by atoms with Crippen LogP contribution in [0.2, 0.25) is 0 Å². The Hall–Kier alpha value is -1.35. The summed E-state index contributed by atoms with van der Waals surface area (Å²) >= 11 is 0. The highest BCUT2D eigenvalue weighted by Crippen LogP contribution is 2.17. The molecule has 0 aliphatic carbocycles. The van der Waals surface area contributed by atoms with Crippen LogP contribution in [0.25, 0.3) is 0 Å². The molecule has 16 heavy (non-hydrogen) atoms. The normalized spacial score (nSPS) is 20.4. The lowest BCUT2D eigenvalue weighted by molar-refractivity contribution is -0.139. The summed E-state index contributed by atoms with van der Waals surface area (Å²) in [5.41, 5.74) is 1.10.